The van der Waals surface area contributed by atoms with E-state index in [1.807, 2.05) is 31.2 Å². The number of aliphatic hydroxyl groups excluding tert-OH is 1. The maximum Gasteiger partial charge on any atom is 0.308 e. The van der Waals surface area contributed by atoms with E-state index in [1.165, 1.54) is 0 Å². The summed E-state index contributed by atoms with van der Waals surface area (Å²) in [5.41, 5.74) is 3.37. The number of nitrogens with zero attached hydrogens (tertiary/aromatic N) is 3. The Bertz CT molecular complexity index is 1210. The summed E-state index contributed by atoms with van der Waals surface area (Å²) in [7, 11) is 1.61. The highest BCUT2D eigenvalue weighted by atomic mass is 16.5. The van der Waals surface area contributed by atoms with Gasteiger partial charge in [0.05, 0.1) is 43.0 Å². The number of benzene rings is 1. The van der Waals surface area contributed by atoms with Gasteiger partial charge >= 0.3 is 5.97 Å². The largest absolute Gasteiger partial charge is 0.497 e. The molecular formula is C26H30N4O4. The molecule has 1 saturated heterocycles. The molecule has 1 aromatic carbocycles. The highest BCUT2D eigenvalue weighted by Crippen LogP contribution is 2.33. The Morgan fingerprint density at radius 3 is 2.97 bits per heavy atom. The minimum atomic E-state index is -0.790. The van der Waals surface area contributed by atoms with Crippen molar-refractivity contribution >= 4 is 16.9 Å². The minimum Gasteiger partial charge on any atom is -0.497 e. The second-order valence-electron chi connectivity index (χ2n) is 8.82. The van der Waals surface area contributed by atoms with Crippen LogP contribution in [-0.2, 0) is 4.79 Å². The number of aryl methyl sites for hydroxylation is 1. The number of aromatic nitrogens is 3. The molecular weight excluding hydrogens is 432 g/mol. The molecule has 1 unspecified atom stereocenters. The molecule has 0 saturated carbocycles. The van der Waals surface area contributed by atoms with E-state index in [2.05, 4.69) is 31.9 Å². The zero-order valence-corrected chi connectivity index (χ0v) is 19.5. The van der Waals surface area contributed by atoms with Gasteiger partial charge < -0.3 is 14.9 Å². The van der Waals surface area contributed by atoms with Crippen molar-refractivity contribution in [3.63, 3.8) is 0 Å². The summed E-state index contributed by atoms with van der Waals surface area (Å²) in [6.07, 6.45) is 4.58. The predicted molar refractivity (Wildman–Crippen MR) is 128 cm³/mol. The lowest BCUT2D eigenvalue weighted by Crippen LogP contribution is -2.44. The van der Waals surface area contributed by atoms with Crippen molar-refractivity contribution in [3.05, 3.63) is 53.5 Å². The van der Waals surface area contributed by atoms with Gasteiger partial charge in [-0.25, -0.2) is 0 Å². The third-order valence-electron chi connectivity index (χ3n) is 6.67. The number of methoxy groups -OCH3 is 1. The molecule has 1 aliphatic heterocycles. The van der Waals surface area contributed by atoms with Crippen molar-refractivity contribution in [2.75, 3.05) is 26.7 Å². The number of rotatable bonds is 7. The summed E-state index contributed by atoms with van der Waals surface area (Å²) in [5.74, 6) is 5.68. The van der Waals surface area contributed by atoms with Gasteiger partial charge in [-0.2, -0.15) is 5.10 Å². The number of pyridine rings is 1. The highest BCUT2D eigenvalue weighted by Gasteiger charge is 2.34. The molecule has 8 heteroatoms. The second-order valence-corrected chi connectivity index (χ2v) is 8.82. The summed E-state index contributed by atoms with van der Waals surface area (Å²) in [4.78, 5) is 18.5. The number of aliphatic hydroxyl groups is 1. The molecule has 3 atom stereocenters. The first-order valence-corrected chi connectivity index (χ1v) is 11.5. The molecule has 3 aromatic rings. The Balaban J connectivity index is 1.38. The first-order chi connectivity index (χ1) is 16.5. The third-order valence-corrected chi connectivity index (χ3v) is 6.67. The van der Waals surface area contributed by atoms with Crippen molar-refractivity contribution in [2.45, 2.75) is 32.3 Å². The molecule has 0 radical (unpaired) electrons. The normalized spacial score (nSPS) is 19.4. The number of carbonyl (C=O) groups is 1. The van der Waals surface area contributed by atoms with Gasteiger partial charge in [0, 0.05) is 23.8 Å². The number of carboxylic acid groups (broad SMARTS) is 1. The number of H-pyrrole nitrogens is 1. The molecule has 34 heavy (non-hydrogen) atoms. The standard InChI is InChI=1S/C26H30N4O4/c1-17-19(15-28-29-17)4-3-12-30-13-10-18(23(16-30)26(32)33)5-8-25(31)21-9-11-27-24-7-6-20(34-2)14-22(21)24/h6-7,9,11,14-15,18,23,25,31H,5,8,10,12-13,16H2,1-2H3,(H,28,29)(H,32,33)/t18-,23+,25?/m1/s1. The van der Waals surface area contributed by atoms with Crippen molar-refractivity contribution in [1.82, 2.24) is 20.1 Å². The van der Waals surface area contributed by atoms with Gasteiger partial charge in [0.2, 0.25) is 0 Å². The minimum absolute atomic E-state index is 0.00937. The van der Waals surface area contributed by atoms with Crippen LogP contribution >= 0.6 is 0 Å². The fraction of sp³-hybridized carbons (Fsp3) is 0.423. The topological polar surface area (TPSA) is 112 Å². The monoisotopic (exact) mass is 462 g/mol. The molecule has 1 fully saturated rings. The number of carboxylic acids is 1. The fourth-order valence-corrected chi connectivity index (χ4v) is 4.65. The lowest BCUT2D eigenvalue weighted by molar-refractivity contribution is -0.146. The van der Waals surface area contributed by atoms with E-state index in [4.69, 9.17) is 4.74 Å². The first-order valence-electron chi connectivity index (χ1n) is 11.5. The number of aromatic amines is 1. The number of hydrogen-bond donors (Lipinski definition) is 3. The van der Waals surface area contributed by atoms with Gasteiger partial charge in [0.1, 0.15) is 5.75 Å². The number of piperidine rings is 1. The van der Waals surface area contributed by atoms with Crippen LogP contribution in [0.4, 0.5) is 0 Å². The van der Waals surface area contributed by atoms with Gasteiger partial charge in [-0.1, -0.05) is 11.8 Å². The lowest BCUT2D eigenvalue weighted by atomic mass is 9.81. The maximum absolute atomic E-state index is 12.0. The molecule has 8 nitrogen and oxygen atoms in total. The number of aliphatic carboxylic acids is 1. The number of nitrogens with one attached hydrogen (secondary N) is 1. The maximum atomic E-state index is 12.0. The summed E-state index contributed by atoms with van der Waals surface area (Å²) in [5, 5.41) is 28.5. The van der Waals surface area contributed by atoms with E-state index < -0.39 is 18.0 Å². The Morgan fingerprint density at radius 1 is 1.38 bits per heavy atom. The van der Waals surface area contributed by atoms with E-state index >= 15 is 0 Å². The zero-order valence-electron chi connectivity index (χ0n) is 19.5. The van der Waals surface area contributed by atoms with Crippen LogP contribution in [0.3, 0.4) is 0 Å². The molecule has 3 N–H and O–H groups in total. The number of fused-ring (bicyclic) bond motifs is 1. The quantitative estimate of drug-likeness (QED) is 0.463. The summed E-state index contributed by atoms with van der Waals surface area (Å²) >= 11 is 0. The molecule has 0 aliphatic carbocycles. The molecule has 3 heterocycles. The Hall–Kier alpha value is -3.41. The van der Waals surface area contributed by atoms with Crippen LogP contribution in [0.5, 0.6) is 5.75 Å². The van der Waals surface area contributed by atoms with Crippen LogP contribution < -0.4 is 4.74 Å². The molecule has 0 bridgehead atoms. The number of ether oxygens (including phenoxy) is 1. The van der Waals surface area contributed by atoms with Gasteiger partial charge in [-0.05, 0) is 68.5 Å². The van der Waals surface area contributed by atoms with Gasteiger partial charge in [0.15, 0.2) is 0 Å². The Kier molecular flexibility index (Phi) is 7.46. The summed E-state index contributed by atoms with van der Waals surface area (Å²) < 4.78 is 5.32. The van der Waals surface area contributed by atoms with Crippen LogP contribution in [0.15, 0.2) is 36.7 Å². The van der Waals surface area contributed by atoms with Crippen LogP contribution in [0.1, 0.15) is 42.2 Å². The Labute approximate surface area is 199 Å². The molecule has 4 rings (SSSR count). The highest BCUT2D eigenvalue weighted by molar-refractivity contribution is 5.83. The SMILES string of the molecule is COc1ccc2nccc(C(O)CC[C@@H]3CCN(CC#Cc4cn[nH]c4C)C[C@@H]3C(=O)O)c2c1. The van der Waals surface area contributed by atoms with E-state index in [-0.39, 0.29) is 5.92 Å². The summed E-state index contributed by atoms with van der Waals surface area (Å²) in [6.45, 7) is 3.70. The van der Waals surface area contributed by atoms with Gasteiger partial charge in [-0.3, -0.25) is 19.8 Å². The summed E-state index contributed by atoms with van der Waals surface area (Å²) in [6, 6.07) is 7.42. The van der Waals surface area contributed by atoms with E-state index in [0.717, 1.165) is 40.7 Å². The van der Waals surface area contributed by atoms with Crippen LogP contribution in [-0.4, -0.2) is 63.0 Å². The molecule has 1 aliphatic rings. The van der Waals surface area contributed by atoms with Gasteiger partial charge in [0.25, 0.3) is 0 Å². The second kappa shape index (κ2) is 10.7. The van der Waals surface area contributed by atoms with Crippen LogP contribution in [0, 0.1) is 30.6 Å². The van der Waals surface area contributed by atoms with Crippen LogP contribution in [0.2, 0.25) is 0 Å². The van der Waals surface area contributed by atoms with Crippen molar-refractivity contribution in [2.24, 2.45) is 11.8 Å². The lowest BCUT2D eigenvalue weighted by Gasteiger charge is -2.36. The fourth-order valence-electron chi connectivity index (χ4n) is 4.65. The van der Waals surface area contributed by atoms with E-state index in [1.54, 1.807) is 19.5 Å². The average molecular weight is 463 g/mol. The molecule has 0 amide bonds. The van der Waals surface area contributed by atoms with Crippen molar-refractivity contribution in [3.8, 4) is 17.6 Å². The predicted octanol–water partition coefficient (Wildman–Crippen LogP) is 3.16. The molecule has 0 spiro atoms. The smallest absolute Gasteiger partial charge is 0.308 e. The zero-order chi connectivity index (χ0) is 24.1. The average Bonchev–Trinajstić information content (AvgIpc) is 3.26. The van der Waals surface area contributed by atoms with Crippen molar-refractivity contribution in [1.29, 1.82) is 0 Å². The molecule has 2 aromatic heterocycles. The number of hydrogen-bond acceptors (Lipinski definition) is 6. The van der Waals surface area contributed by atoms with Crippen molar-refractivity contribution < 1.29 is 19.7 Å². The molecule has 178 valence electrons. The van der Waals surface area contributed by atoms with E-state index in [9.17, 15) is 15.0 Å². The van der Waals surface area contributed by atoms with Crippen LogP contribution in [0.25, 0.3) is 10.9 Å². The Morgan fingerprint density at radius 2 is 2.24 bits per heavy atom. The number of likely N-dealkylation sites (tertiary alicyclic amines) is 1. The van der Waals surface area contributed by atoms with E-state index in [0.29, 0.717) is 31.7 Å². The van der Waals surface area contributed by atoms with Gasteiger partial charge in [-0.15, -0.1) is 0 Å². The first kappa shape index (κ1) is 23.7. The third kappa shape index (κ3) is 5.38.